The lowest BCUT2D eigenvalue weighted by Gasteiger charge is -2.12. The number of para-hydroxylation sites is 1. The Hall–Kier alpha value is -1.51. The van der Waals surface area contributed by atoms with Crippen molar-refractivity contribution in [3.63, 3.8) is 0 Å². The van der Waals surface area contributed by atoms with E-state index >= 15 is 0 Å². The average molecular weight is 207 g/mol. The van der Waals surface area contributed by atoms with Gasteiger partial charge in [-0.3, -0.25) is 0 Å². The summed E-state index contributed by atoms with van der Waals surface area (Å²) in [4.78, 5) is 11.6. The number of rotatable bonds is 4. The summed E-state index contributed by atoms with van der Waals surface area (Å²) < 4.78 is 5.24. The highest BCUT2D eigenvalue weighted by Crippen LogP contribution is 2.13. The van der Waals surface area contributed by atoms with Gasteiger partial charge in [-0.1, -0.05) is 25.5 Å². The van der Waals surface area contributed by atoms with Gasteiger partial charge in [-0.15, -0.1) is 0 Å². The van der Waals surface area contributed by atoms with Crippen LogP contribution in [0.1, 0.15) is 37.0 Å². The standard InChI is InChI=1S/C12H17NO2/c1-3-6-9(2)15-12(14)10-7-4-5-8-11(10)13/h4-5,7-9H,3,6,13H2,1-2H3. The normalized spacial score (nSPS) is 12.1. The number of anilines is 1. The molecule has 0 radical (unpaired) electrons. The van der Waals surface area contributed by atoms with Gasteiger partial charge in [0.05, 0.1) is 11.7 Å². The molecule has 2 N–H and O–H groups in total. The van der Waals surface area contributed by atoms with Crippen LogP contribution in [0.2, 0.25) is 0 Å². The molecule has 15 heavy (non-hydrogen) atoms. The van der Waals surface area contributed by atoms with Crippen molar-refractivity contribution in [3.8, 4) is 0 Å². The van der Waals surface area contributed by atoms with E-state index in [4.69, 9.17) is 10.5 Å². The zero-order valence-corrected chi connectivity index (χ0v) is 9.19. The lowest BCUT2D eigenvalue weighted by atomic mass is 10.2. The first kappa shape index (κ1) is 11.6. The van der Waals surface area contributed by atoms with E-state index < -0.39 is 0 Å². The van der Waals surface area contributed by atoms with E-state index in [1.807, 2.05) is 6.92 Å². The van der Waals surface area contributed by atoms with E-state index in [1.54, 1.807) is 24.3 Å². The number of hydrogen-bond donors (Lipinski definition) is 1. The molecule has 1 aromatic rings. The second-order valence-electron chi connectivity index (χ2n) is 3.59. The molecule has 1 unspecified atom stereocenters. The summed E-state index contributed by atoms with van der Waals surface area (Å²) >= 11 is 0. The van der Waals surface area contributed by atoms with Crippen LogP contribution in [0.5, 0.6) is 0 Å². The van der Waals surface area contributed by atoms with Crippen molar-refractivity contribution in [2.45, 2.75) is 32.8 Å². The fourth-order valence-corrected chi connectivity index (χ4v) is 1.39. The Morgan fingerprint density at radius 3 is 2.73 bits per heavy atom. The molecule has 82 valence electrons. The summed E-state index contributed by atoms with van der Waals surface area (Å²) in [5.74, 6) is -0.339. The van der Waals surface area contributed by atoms with Crippen molar-refractivity contribution in [1.82, 2.24) is 0 Å². The van der Waals surface area contributed by atoms with Crippen LogP contribution in [0.3, 0.4) is 0 Å². The number of nitrogen functional groups attached to an aromatic ring is 1. The Morgan fingerprint density at radius 1 is 1.47 bits per heavy atom. The second kappa shape index (κ2) is 5.39. The van der Waals surface area contributed by atoms with E-state index in [1.165, 1.54) is 0 Å². The van der Waals surface area contributed by atoms with Gasteiger partial charge in [0.15, 0.2) is 0 Å². The summed E-state index contributed by atoms with van der Waals surface area (Å²) in [5.41, 5.74) is 6.58. The molecule has 1 aromatic carbocycles. The molecular formula is C12H17NO2. The highest BCUT2D eigenvalue weighted by atomic mass is 16.5. The van der Waals surface area contributed by atoms with E-state index in [2.05, 4.69) is 6.92 Å². The number of benzene rings is 1. The number of carbonyl (C=O) groups excluding carboxylic acids is 1. The van der Waals surface area contributed by atoms with Crippen LogP contribution in [0.4, 0.5) is 5.69 Å². The molecule has 0 spiro atoms. The van der Waals surface area contributed by atoms with Gasteiger partial charge < -0.3 is 10.5 Å². The zero-order chi connectivity index (χ0) is 11.3. The Kier molecular flexibility index (Phi) is 4.16. The topological polar surface area (TPSA) is 52.3 Å². The van der Waals surface area contributed by atoms with Gasteiger partial charge in [-0.05, 0) is 25.5 Å². The first-order valence-electron chi connectivity index (χ1n) is 5.20. The molecule has 0 bridgehead atoms. The molecule has 0 saturated heterocycles. The summed E-state index contributed by atoms with van der Waals surface area (Å²) in [5, 5.41) is 0. The van der Waals surface area contributed by atoms with E-state index in [0.29, 0.717) is 11.3 Å². The maximum Gasteiger partial charge on any atom is 0.340 e. The first-order chi connectivity index (χ1) is 7.15. The van der Waals surface area contributed by atoms with Crippen LogP contribution in [-0.4, -0.2) is 12.1 Å². The molecule has 0 aliphatic rings. The molecule has 0 fully saturated rings. The Labute approximate surface area is 90.2 Å². The third kappa shape index (κ3) is 3.27. The van der Waals surface area contributed by atoms with Crippen molar-refractivity contribution < 1.29 is 9.53 Å². The third-order valence-electron chi connectivity index (χ3n) is 2.18. The predicted octanol–water partition coefficient (Wildman–Crippen LogP) is 2.61. The number of ether oxygens (including phenoxy) is 1. The SMILES string of the molecule is CCCC(C)OC(=O)c1ccccc1N. The quantitative estimate of drug-likeness (QED) is 0.610. The Balaban J connectivity index is 2.65. The van der Waals surface area contributed by atoms with E-state index in [0.717, 1.165) is 12.8 Å². The van der Waals surface area contributed by atoms with E-state index in [-0.39, 0.29) is 12.1 Å². The average Bonchev–Trinajstić information content (AvgIpc) is 2.18. The van der Waals surface area contributed by atoms with Crippen molar-refractivity contribution in [3.05, 3.63) is 29.8 Å². The fourth-order valence-electron chi connectivity index (χ4n) is 1.39. The van der Waals surface area contributed by atoms with Crippen molar-refractivity contribution in [2.24, 2.45) is 0 Å². The minimum atomic E-state index is -0.339. The largest absolute Gasteiger partial charge is 0.459 e. The highest BCUT2D eigenvalue weighted by molar-refractivity contribution is 5.95. The van der Waals surface area contributed by atoms with Crippen molar-refractivity contribution >= 4 is 11.7 Å². The predicted molar refractivity (Wildman–Crippen MR) is 60.6 cm³/mol. The van der Waals surface area contributed by atoms with Gasteiger partial charge in [0.25, 0.3) is 0 Å². The first-order valence-corrected chi connectivity index (χ1v) is 5.20. The Morgan fingerprint density at radius 2 is 2.13 bits per heavy atom. The summed E-state index contributed by atoms with van der Waals surface area (Å²) in [6.45, 7) is 3.95. The van der Waals surface area contributed by atoms with Crippen LogP contribution >= 0.6 is 0 Å². The molecule has 1 atom stereocenters. The Bertz CT molecular complexity index is 336. The summed E-state index contributed by atoms with van der Waals surface area (Å²) in [6.07, 6.45) is 1.82. The maximum atomic E-state index is 11.6. The van der Waals surface area contributed by atoms with Gasteiger partial charge in [-0.25, -0.2) is 4.79 Å². The second-order valence-corrected chi connectivity index (χ2v) is 3.59. The highest BCUT2D eigenvalue weighted by Gasteiger charge is 2.13. The van der Waals surface area contributed by atoms with Crippen LogP contribution in [0, 0.1) is 0 Å². The van der Waals surface area contributed by atoms with Gasteiger partial charge in [0.2, 0.25) is 0 Å². The van der Waals surface area contributed by atoms with Crippen LogP contribution in [-0.2, 0) is 4.74 Å². The van der Waals surface area contributed by atoms with E-state index in [9.17, 15) is 4.79 Å². The van der Waals surface area contributed by atoms with Gasteiger partial charge in [0.1, 0.15) is 0 Å². The number of nitrogens with two attached hydrogens (primary N) is 1. The molecule has 0 aliphatic carbocycles. The minimum Gasteiger partial charge on any atom is -0.459 e. The summed E-state index contributed by atoms with van der Waals surface area (Å²) in [6, 6.07) is 6.94. The molecule has 0 aliphatic heterocycles. The third-order valence-corrected chi connectivity index (χ3v) is 2.18. The molecule has 3 nitrogen and oxygen atoms in total. The molecule has 0 heterocycles. The van der Waals surface area contributed by atoms with Crippen LogP contribution in [0.15, 0.2) is 24.3 Å². The molecule has 0 aromatic heterocycles. The molecule has 3 heteroatoms. The molecular weight excluding hydrogens is 190 g/mol. The lowest BCUT2D eigenvalue weighted by Crippen LogP contribution is -2.15. The fraction of sp³-hybridized carbons (Fsp3) is 0.417. The van der Waals surface area contributed by atoms with Crippen molar-refractivity contribution in [1.29, 1.82) is 0 Å². The maximum absolute atomic E-state index is 11.6. The minimum absolute atomic E-state index is 0.0536. The monoisotopic (exact) mass is 207 g/mol. The molecule has 0 amide bonds. The molecule has 1 rings (SSSR count). The van der Waals surface area contributed by atoms with Crippen molar-refractivity contribution in [2.75, 3.05) is 5.73 Å². The van der Waals surface area contributed by atoms with Gasteiger partial charge in [0, 0.05) is 5.69 Å². The van der Waals surface area contributed by atoms with Crippen LogP contribution in [0.25, 0.3) is 0 Å². The lowest BCUT2D eigenvalue weighted by molar-refractivity contribution is 0.0325. The zero-order valence-electron chi connectivity index (χ0n) is 9.19. The molecule has 0 saturated carbocycles. The number of hydrogen-bond acceptors (Lipinski definition) is 3. The van der Waals surface area contributed by atoms with Gasteiger partial charge in [-0.2, -0.15) is 0 Å². The number of esters is 1. The van der Waals surface area contributed by atoms with Gasteiger partial charge >= 0.3 is 5.97 Å². The smallest absolute Gasteiger partial charge is 0.340 e. The number of carbonyl (C=O) groups is 1. The van der Waals surface area contributed by atoms with Crippen LogP contribution < -0.4 is 5.73 Å². The summed E-state index contributed by atoms with van der Waals surface area (Å²) in [7, 11) is 0.